The molecule has 0 radical (unpaired) electrons. The zero-order valence-electron chi connectivity index (χ0n) is 16.3. The Morgan fingerprint density at radius 2 is 1.93 bits per heavy atom. The van der Waals surface area contributed by atoms with Crippen LogP contribution in [0.25, 0.3) is 21.8 Å². The molecule has 1 amide bonds. The van der Waals surface area contributed by atoms with Crippen molar-refractivity contribution < 1.29 is 9.53 Å². The van der Waals surface area contributed by atoms with Crippen LogP contribution in [0.2, 0.25) is 5.02 Å². The Morgan fingerprint density at radius 1 is 1.10 bits per heavy atom. The van der Waals surface area contributed by atoms with Gasteiger partial charge in [0.05, 0.1) is 29.9 Å². The molecule has 2 heterocycles. The molecule has 0 aliphatic rings. The molecule has 0 fully saturated rings. The quantitative estimate of drug-likeness (QED) is 0.382. The van der Waals surface area contributed by atoms with E-state index in [0.717, 1.165) is 33.1 Å². The number of carbonyl (C=O) groups excluding carboxylic acids is 1. The number of nitrogens with zero attached hydrogens (tertiary/aromatic N) is 2. The van der Waals surface area contributed by atoms with E-state index in [-0.39, 0.29) is 12.3 Å². The van der Waals surface area contributed by atoms with E-state index in [0.29, 0.717) is 15.8 Å². The number of hydrogen-bond acceptors (Lipinski definition) is 6. The molecule has 4 aromatic rings. The smallest absolute Gasteiger partial charge is 0.232 e. The SMILES string of the molecule is COc1ccc(C)cc1-c1csc(NC(=O)Cc2csc(-c3ccccc3Cl)n2)n1. The fraction of sp³-hybridized carbons (Fsp3) is 0.136. The number of nitrogens with one attached hydrogen (secondary N) is 1. The van der Waals surface area contributed by atoms with Crippen LogP contribution in [0.5, 0.6) is 5.75 Å². The number of aromatic nitrogens is 2. The monoisotopic (exact) mass is 455 g/mol. The Hall–Kier alpha value is -2.74. The average Bonchev–Trinajstić information content (AvgIpc) is 3.38. The number of anilines is 1. The predicted molar refractivity (Wildman–Crippen MR) is 124 cm³/mol. The fourth-order valence-electron chi connectivity index (χ4n) is 2.95. The first-order chi connectivity index (χ1) is 14.5. The maximum atomic E-state index is 12.5. The molecule has 0 saturated heterocycles. The molecule has 0 aliphatic heterocycles. The summed E-state index contributed by atoms with van der Waals surface area (Å²) in [6.07, 6.45) is 0.170. The van der Waals surface area contributed by atoms with E-state index in [4.69, 9.17) is 16.3 Å². The van der Waals surface area contributed by atoms with Crippen molar-refractivity contribution in [1.82, 2.24) is 9.97 Å². The molecule has 4 rings (SSSR count). The number of rotatable bonds is 6. The third kappa shape index (κ3) is 4.53. The minimum absolute atomic E-state index is 0.164. The second-order valence-electron chi connectivity index (χ2n) is 6.59. The molecule has 0 saturated carbocycles. The van der Waals surface area contributed by atoms with E-state index in [2.05, 4.69) is 15.3 Å². The van der Waals surface area contributed by atoms with Gasteiger partial charge in [0.15, 0.2) is 5.13 Å². The Morgan fingerprint density at radius 3 is 2.73 bits per heavy atom. The molecule has 1 N–H and O–H groups in total. The molecule has 0 atom stereocenters. The van der Waals surface area contributed by atoms with Gasteiger partial charge in [-0.3, -0.25) is 4.79 Å². The number of hydrogen-bond donors (Lipinski definition) is 1. The highest BCUT2D eigenvalue weighted by atomic mass is 35.5. The molecule has 30 heavy (non-hydrogen) atoms. The molecule has 5 nitrogen and oxygen atoms in total. The van der Waals surface area contributed by atoms with Gasteiger partial charge in [0.1, 0.15) is 10.8 Å². The van der Waals surface area contributed by atoms with Gasteiger partial charge in [0.25, 0.3) is 0 Å². The maximum absolute atomic E-state index is 12.5. The van der Waals surface area contributed by atoms with Crippen molar-refractivity contribution in [2.45, 2.75) is 13.3 Å². The Balaban J connectivity index is 1.45. The summed E-state index contributed by atoms with van der Waals surface area (Å²) in [7, 11) is 1.63. The van der Waals surface area contributed by atoms with Crippen LogP contribution in [0.15, 0.2) is 53.2 Å². The summed E-state index contributed by atoms with van der Waals surface area (Å²) in [5, 5.41) is 8.63. The average molecular weight is 456 g/mol. The second-order valence-corrected chi connectivity index (χ2v) is 8.71. The number of aryl methyl sites for hydroxylation is 1. The maximum Gasteiger partial charge on any atom is 0.232 e. The topological polar surface area (TPSA) is 64.1 Å². The molecular weight excluding hydrogens is 438 g/mol. The molecule has 0 bridgehead atoms. The summed E-state index contributed by atoms with van der Waals surface area (Å²) >= 11 is 9.08. The lowest BCUT2D eigenvalue weighted by molar-refractivity contribution is -0.115. The lowest BCUT2D eigenvalue weighted by Gasteiger charge is -2.07. The number of thiazole rings is 2. The van der Waals surface area contributed by atoms with Crippen molar-refractivity contribution in [3.05, 3.63) is 69.5 Å². The number of amides is 1. The molecule has 2 aromatic heterocycles. The number of methoxy groups -OCH3 is 1. The van der Waals surface area contributed by atoms with Crippen LogP contribution in [0.4, 0.5) is 5.13 Å². The molecular formula is C22H18ClN3O2S2. The molecule has 0 aliphatic carbocycles. The van der Waals surface area contributed by atoms with E-state index in [1.165, 1.54) is 22.7 Å². The zero-order chi connectivity index (χ0) is 21.1. The molecule has 2 aromatic carbocycles. The lowest BCUT2D eigenvalue weighted by Crippen LogP contribution is -2.14. The van der Waals surface area contributed by atoms with E-state index in [9.17, 15) is 4.79 Å². The first-order valence-corrected chi connectivity index (χ1v) is 11.3. The predicted octanol–water partition coefficient (Wildman–Crippen LogP) is 6.09. The van der Waals surface area contributed by atoms with E-state index in [1.54, 1.807) is 7.11 Å². The van der Waals surface area contributed by atoms with Crippen LogP contribution in [0, 0.1) is 6.92 Å². The van der Waals surface area contributed by atoms with Crippen molar-refractivity contribution in [3.63, 3.8) is 0 Å². The molecule has 8 heteroatoms. The lowest BCUT2D eigenvalue weighted by atomic mass is 10.1. The Labute approximate surface area is 187 Å². The van der Waals surface area contributed by atoms with Gasteiger partial charge in [0.2, 0.25) is 5.91 Å². The molecule has 152 valence electrons. The van der Waals surface area contributed by atoms with Crippen LogP contribution in [0.1, 0.15) is 11.3 Å². The van der Waals surface area contributed by atoms with Crippen LogP contribution < -0.4 is 10.1 Å². The van der Waals surface area contributed by atoms with Crippen molar-refractivity contribution in [3.8, 4) is 27.6 Å². The second kappa shape index (κ2) is 8.95. The number of carbonyl (C=O) groups is 1. The van der Waals surface area contributed by atoms with Crippen molar-refractivity contribution in [1.29, 1.82) is 0 Å². The molecule has 0 spiro atoms. The summed E-state index contributed by atoms with van der Waals surface area (Å²) < 4.78 is 5.43. The van der Waals surface area contributed by atoms with Crippen molar-refractivity contribution in [2.75, 3.05) is 12.4 Å². The first kappa shape index (κ1) is 20.5. The van der Waals surface area contributed by atoms with Gasteiger partial charge in [-0.15, -0.1) is 22.7 Å². The first-order valence-electron chi connectivity index (χ1n) is 9.13. The normalized spacial score (nSPS) is 10.8. The number of halogens is 1. The Bertz CT molecular complexity index is 1200. The van der Waals surface area contributed by atoms with Crippen LogP contribution >= 0.6 is 34.3 Å². The van der Waals surface area contributed by atoms with E-state index >= 15 is 0 Å². The summed E-state index contributed by atoms with van der Waals surface area (Å²) in [5.74, 6) is 0.585. The Kier molecular flexibility index (Phi) is 6.13. The summed E-state index contributed by atoms with van der Waals surface area (Å²) in [6, 6.07) is 13.5. The standard InChI is InChI=1S/C22H18ClN3O2S2/c1-13-7-8-19(28-2)16(9-13)18-12-30-22(25-18)26-20(27)10-14-11-29-21(24-14)15-5-3-4-6-17(15)23/h3-9,11-12H,10H2,1-2H3,(H,25,26,27). The largest absolute Gasteiger partial charge is 0.496 e. The third-order valence-corrected chi connectivity index (χ3v) is 6.39. The third-order valence-electron chi connectivity index (χ3n) is 4.38. The van der Waals surface area contributed by atoms with Gasteiger partial charge in [-0.1, -0.05) is 41.4 Å². The van der Waals surface area contributed by atoms with Gasteiger partial charge in [0, 0.05) is 21.9 Å². The minimum atomic E-state index is -0.164. The highest BCUT2D eigenvalue weighted by Crippen LogP contribution is 2.33. The van der Waals surface area contributed by atoms with Crippen molar-refractivity contribution in [2.24, 2.45) is 0 Å². The summed E-state index contributed by atoms with van der Waals surface area (Å²) in [4.78, 5) is 21.6. The van der Waals surface area contributed by atoms with Gasteiger partial charge in [-0.2, -0.15) is 0 Å². The number of ether oxygens (including phenoxy) is 1. The van der Waals surface area contributed by atoms with Crippen LogP contribution in [-0.2, 0) is 11.2 Å². The van der Waals surface area contributed by atoms with Gasteiger partial charge in [-0.05, 0) is 25.1 Å². The van der Waals surface area contributed by atoms with Gasteiger partial charge < -0.3 is 10.1 Å². The highest BCUT2D eigenvalue weighted by molar-refractivity contribution is 7.14. The minimum Gasteiger partial charge on any atom is -0.496 e. The zero-order valence-corrected chi connectivity index (χ0v) is 18.7. The van der Waals surface area contributed by atoms with E-state index < -0.39 is 0 Å². The van der Waals surface area contributed by atoms with E-state index in [1.807, 2.05) is 60.1 Å². The molecule has 0 unspecified atom stereocenters. The summed E-state index contributed by atoms with van der Waals surface area (Å²) in [5.41, 5.74) is 4.35. The van der Waals surface area contributed by atoms with Crippen LogP contribution in [-0.4, -0.2) is 23.0 Å². The fourth-order valence-corrected chi connectivity index (χ4v) is 4.82. The van der Waals surface area contributed by atoms with Gasteiger partial charge >= 0.3 is 0 Å². The van der Waals surface area contributed by atoms with Gasteiger partial charge in [-0.25, -0.2) is 9.97 Å². The van der Waals surface area contributed by atoms with Crippen LogP contribution in [0.3, 0.4) is 0 Å². The highest BCUT2D eigenvalue weighted by Gasteiger charge is 2.14. The summed E-state index contributed by atoms with van der Waals surface area (Å²) in [6.45, 7) is 2.02. The van der Waals surface area contributed by atoms with Crippen molar-refractivity contribution >= 4 is 45.3 Å². The number of benzene rings is 2.